The molecule has 20 heteroatoms. The Hall–Kier alpha value is -7.38. The zero-order valence-corrected chi connectivity index (χ0v) is 43.8. The van der Waals surface area contributed by atoms with Crippen LogP contribution < -0.4 is 0 Å². The molecular weight excluding hydrogens is 1060 g/mol. The third kappa shape index (κ3) is 11.9. The van der Waals surface area contributed by atoms with E-state index in [1.807, 2.05) is 72.8 Å². The molecule has 0 radical (unpaired) electrons. The lowest BCUT2D eigenvalue weighted by Gasteiger charge is -2.17. The van der Waals surface area contributed by atoms with Gasteiger partial charge in [-0.15, -0.1) is 0 Å². The molecule has 2 fully saturated rings. The maximum atomic E-state index is 13.8. The fraction of sp³-hybridized carbons (Fsp3) is 0.276. The molecule has 404 valence electrons. The first-order valence-corrected chi connectivity index (χ1v) is 26.0. The van der Waals surface area contributed by atoms with Crippen LogP contribution in [0.25, 0.3) is 56.4 Å². The van der Waals surface area contributed by atoms with Crippen molar-refractivity contribution in [2.75, 3.05) is 39.3 Å². The number of likely N-dealkylation sites (tertiary alicyclic amines) is 2. The van der Waals surface area contributed by atoms with Crippen molar-refractivity contribution in [3.8, 4) is 56.4 Å². The Labute approximate surface area is 455 Å². The molecule has 0 unspecified atom stereocenters. The highest BCUT2D eigenvalue weighted by molar-refractivity contribution is 6.32. The molecule has 6 heterocycles. The second-order valence-corrected chi connectivity index (χ2v) is 20.0. The Kier molecular flexibility index (Phi) is 16.5. The summed E-state index contributed by atoms with van der Waals surface area (Å²) >= 11 is 13.6. The van der Waals surface area contributed by atoms with Crippen LogP contribution in [0.4, 0.5) is 26.3 Å². The molecule has 0 aliphatic carbocycles. The van der Waals surface area contributed by atoms with Crippen molar-refractivity contribution in [2.45, 2.75) is 63.7 Å². The van der Waals surface area contributed by atoms with Gasteiger partial charge in [0.15, 0.2) is 23.0 Å². The zero-order chi connectivity index (χ0) is 55.5. The summed E-state index contributed by atoms with van der Waals surface area (Å²) in [7, 11) is 0. The van der Waals surface area contributed by atoms with E-state index >= 15 is 0 Å². The summed E-state index contributed by atoms with van der Waals surface area (Å²) in [6, 6.07) is 36.1. The van der Waals surface area contributed by atoms with E-state index < -0.39 is 46.8 Å². The summed E-state index contributed by atoms with van der Waals surface area (Å²) in [4.78, 5) is 36.6. The molecule has 4 aromatic carbocycles. The highest BCUT2D eigenvalue weighted by Crippen LogP contribution is 2.41. The molecule has 2 atom stereocenters. The van der Waals surface area contributed by atoms with E-state index in [2.05, 4.69) is 55.9 Å². The Morgan fingerprint density at radius 3 is 1.28 bits per heavy atom. The lowest BCUT2D eigenvalue weighted by molar-refractivity contribution is -0.144. The molecule has 10 rings (SSSR count). The number of halogens is 8. The van der Waals surface area contributed by atoms with Crippen LogP contribution in [0.1, 0.15) is 94.6 Å². The largest absolute Gasteiger partial charge is 0.478 e. The number of aromatic carboxylic acids is 2. The summed E-state index contributed by atoms with van der Waals surface area (Å²) in [5.41, 5.74) is 3.13. The zero-order valence-electron chi connectivity index (χ0n) is 42.2. The number of hydrogen-bond donors (Lipinski definition) is 2. The van der Waals surface area contributed by atoms with Crippen molar-refractivity contribution < 1.29 is 46.1 Å². The van der Waals surface area contributed by atoms with Gasteiger partial charge in [-0.2, -0.15) is 36.5 Å². The molecule has 12 nitrogen and oxygen atoms in total. The van der Waals surface area contributed by atoms with Crippen LogP contribution in [-0.2, 0) is 12.4 Å². The maximum Gasteiger partial charge on any atom is 0.434 e. The molecule has 2 aliphatic heterocycles. The average Bonchev–Trinajstić information content (AvgIpc) is 4.31. The van der Waals surface area contributed by atoms with E-state index in [0.717, 1.165) is 98.3 Å². The number of pyridine rings is 2. The first-order valence-electron chi connectivity index (χ1n) is 25.3. The Morgan fingerprint density at radius 2 is 0.936 bits per heavy atom. The highest BCUT2D eigenvalue weighted by Gasteiger charge is 2.42. The summed E-state index contributed by atoms with van der Waals surface area (Å²) in [5.74, 6) is -2.97. The number of hydrogen-bond acceptors (Lipinski definition) is 8. The van der Waals surface area contributed by atoms with E-state index in [4.69, 9.17) is 23.2 Å². The second kappa shape index (κ2) is 23.3. The van der Waals surface area contributed by atoms with E-state index in [-0.39, 0.29) is 11.6 Å². The molecule has 2 saturated heterocycles. The number of benzene rings is 4. The SMILES string of the molecule is CCCN1CC[C@@H](c2ccc(-c3ccccc3-c3cccc(-n4ncc(C(=O)O)c4C(F)(F)F)n3)cc2Cl)C1.CCCN1CC[C@H](c2ccc(-c3ccccc3-c3cccc(-n4ncc(C(=O)O)c4C(F)(F)F)n3)cc2Cl)C1. The monoisotopic (exact) mass is 1110 g/mol. The third-order valence-corrected chi connectivity index (χ3v) is 14.6. The smallest absolute Gasteiger partial charge is 0.434 e. The molecule has 0 amide bonds. The molecule has 0 bridgehead atoms. The molecular formula is C58H52Cl2F6N8O4. The number of aromatic nitrogens is 6. The van der Waals surface area contributed by atoms with Gasteiger partial charge in [-0.05, 0) is 133 Å². The van der Waals surface area contributed by atoms with Gasteiger partial charge in [0, 0.05) is 34.3 Å². The summed E-state index contributed by atoms with van der Waals surface area (Å²) in [6.45, 7) is 10.6. The third-order valence-electron chi connectivity index (χ3n) is 14.0. The van der Waals surface area contributed by atoms with Crippen LogP contribution in [0.2, 0.25) is 10.0 Å². The van der Waals surface area contributed by atoms with Gasteiger partial charge < -0.3 is 20.0 Å². The average molecular weight is 1110 g/mol. The van der Waals surface area contributed by atoms with Crippen molar-refractivity contribution >= 4 is 35.1 Å². The number of nitrogens with zero attached hydrogens (tertiary/aromatic N) is 8. The van der Waals surface area contributed by atoms with Crippen LogP contribution in [0.3, 0.4) is 0 Å². The van der Waals surface area contributed by atoms with E-state index in [1.165, 1.54) is 12.1 Å². The van der Waals surface area contributed by atoms with Gasteiger partial charge >= 0.3 is 24.3 Å². The van der Waals surface area contributed by atoms with Crippen LogP contribution in [0, 0.1) is 0 Å². The number of carboxylic acids is 2. The minimum atomic E-state index is -4.94. The number of carboxylic acid groups (broad SMARTS) is 2. The molecule has 2 aliphatic rings. The lowest BCUT2D eigenvalue weighted by Crippen LogP contribution is -2.20. The fourth-order valence-corrected chi connectivity index (χ4v) is 11.1. The van der Waals surface area contributed by atoms with Gasteiger partial charge in [0.2, 0.25) is 0 Å². The number of carbonyl (C=O) groups is 2. The van der Waals surface area contributed by atoms with Crippen LogP contribution in [0.5, 0.6) is 0 Å². The summed E-state index contributed by atoms with van der Waals surface area (Å²) < 4.78 is 83.7. The standard InChI is InChI=1S/2C29H26ClF3N4O2/c2*1-2-13-36-14-12-19(17-36)21-11-10-18(15-24(21)30)20-6-3-4-7-22(20)25-8-5-9-26(35-25)37-27(29(31,32)33)23(16-34-37)28(38)39/h2*3-11,15-16,19H,2,12-14,17H2,1H3,(H,38,39)/t2*19-/m10/s1. The van der Waals surface area contributed by atoms with Crippen molar-refractivity contribution in [3.63, 3.8) is 0 Å². The lowest BCUT2D eigenvalue weighted by atomic mass is 9.93. The molecule has 2 N–H and O–H groups in total. The predicted octanol–water partition coefficient (Wildman–Crippen LogP) is 14.3. The Balaban J connectivity index is 0.000000190. The summed E-state index contributed by atoms with van der Waals surface area (Å²) in [6.07, 6.45) is -4.16. The molecule has 0 saturated carbocycles. The van der Waals surface area contributed by atoms with Crippen molar-refractivity contribution in [1.29, 1.82) is 0 Å². The number of alkyl halides is 6. The van der Waals surface area contributed by atoms with Crippen LogP contribution in [0.15, 0.2) is 134 Å². The van der Waals surface area contributed by atoms with E-state index in [9.17, 15) is 46.1 Å². The molecule has 78 heavy (non-hydrogen) atoms. The van der Waals surface area contributed by atoms with E-state index in [0.29, 0.717) is 66.2 Å². The van der Waals surface area contributed by atoms with Gasteiger partial charge in [0.1, 0.15) is 11.1 Å². The maximum absolute atomic E-state index is 13.8. The highest BCUT2D eigenvalue weighted by atomic mass is 35.5. The topological polar surface area (TPSA) is 142 Å². The summed E-state index contributed by atoms with van der Waals surface area (Å²) in [5, 5.41) is 27.2. The quantitative estimate of drug-likeness (QED) is 0.101. The second-order valence-electron chi connectivity index (χ2n) is 19.1. The minimum absolute atomic E-state index is 0.145. The van der Waals surface area contributed by atoms with Crippen LogP contribution in [-0.4, -0.2) is 101 Å². The van der Waals surface area contributed by atoms with Gasteiger partial charge in [-0.25, -0.2) is 28.9 Å². The first-order chi connectivity index (χ1) is 37.3. The Morgan fingerprint density at radius 1 is 0.551 bits per heavy atom. The van der Waals surface area contributed by atoms with Gasteiger partial charge in [0.25, 0.3) is 0 Å². The molecule has 4 aromatic heterocycles. The van der Waals surface area contributed by atoms with Crippen molar-refractivity contribution in [2.24, 2.45) is 0 Å². The first kappa shape index (κ1) is 55.4. The fourth-order valence-electron chi connectivity index (χ4n) is 10.5. The normalized spacial score (nSPS) is 16.1. The van der Waals surface area contributed by atoms with Gasteiger partial charge in [-0.1, -0.05) is 122 Å². The minimum Gasteiger partial charge on any atom is -0.478 e. The van der Waals surface area contributed by atoms with Crippen LogP contribution >= 0.6 is 23.2 Å². The molecule has 8 aromatic rings. The predicted molar refractivity (Wildman–Crippen MR) is 287 cm³/mol. The van der Waals surface area contributed by atoms with Gasteiger partial charge in [-0.3, -0.25) is 0 Å². The van der Waals surface area contributed by atoms with E-state index in [1.54, 1.807) is 24.3 Å². The number of rotatable bonds is 14. The Bertz CT molecular complexity index is 3260. The van der Waals surface area contributed by atoms with Gasteiger partial charge in [0.05, 0.1) is 23.8 Å². The molecule has 0 spiro atoms. The van der Waals surface area contributed by atoms with Crippen molar-refractivity contribution in [3.05, 3.63) is 177 Å². The van der Waals surface area contributed by atoms with Crippen molar-refractivity contribution in [1.82, 2.24) is 39.3 Å².